The van der Waals surface area contributed by atoms with Crippen LogP contribution in [0.5, 0.6) is 0 Å². The summed E-state index contributed by atoms with van der Waals surface area (Å²) in [6.07, 6.45) is -0.701. The molecule has 2 heterocycles. The summed E-state index contributed by atoms with van der Waals surface area (Å²) in [6, 6.07) is 5.44. The van der Waals surface area contributed by atoms with E-state index in [4.69, 9.17) is 10.3 Å². The first-order valence-corrected chi connectivity index (χ1v) is 6.27. The highest BCUT2D eigenvalue weighted by Gasteiger charge is 2.17. The smallest absolute Gasteiger partial charge is 0.246 e. The third-order valence-corrected chi connectivity index (χ3v) is 3.04. The number of aromatic nitrogens is 4. The summed E-state index contributed by atoms with van der Waals surface area (Å²) in [5.41, 5.74) is 8.00. The zero-order valence-electron chi connectivity index (χ0n) is 11.2. The standard InChI is InChI=1S/C13H15N5O2/c1-7(19)13-16-10-5-9(14)3-4-11(10)18(13)6-12-15-8(2)17-20-12/h3-5,7,19H,6,14H2,1-2H3. The minimum atomic E-state index is -0.701. The predicted molar refractivity (Wildman–Crippen MR) is 72.9 cm³/mol. The van der Waals surface area contributed by atoms with Crippen molar-refractivity contribution in [3.63, 3.8) is 0 Å². The van der Waals surface area contributed by atoms with Crippen LogP contribution < -0.4 is 5.73 Å². The van der Waals surface area contributed by atoms with Crippen LogP contribution in [-0.2, 0) is 6.54 Å². The average Bonchev–Trinajstić information content (AvgIpc) is 2.94. The highest BCUT2D eigenvalue weighted by molar-refractivity contribution is 5.79. The van der Waals surface area contributed by atoms with E-state index in [9.17, 15) is 5.11 Å². The Morgan fingerprint density at radius 3 is 2.85 bits per heavy atom. The molecule has 0 saturated carbocycles. The number of hydrogen-bond acceptors (Lipinski definition) is 6. The molecule has 0 aliphatic heterocycles. The third-order valence-electron chi connectivity index (χ3n) is 3.04. The Hall–Kier alpha value is -2.41. The van der Waals surface area contributed by atoms with Crippen LogP contribution in [0.1, 0.15) is 30.6 Å². The number of imidazole rings is 1. The molecule has 3 aromatic rings. The molecule has 1 aromatic carbocycles. The monoisotopic (exact) mass is 273 g/mol. The molecule has 0 amide bonds. The quantitative estimate of drug-likeness (QED) is 0.699. The van der Waals surface area contributed by atoms with Crippen molar-refractivity contribution >= 4 is 16.7 Å². The van der Waals surface area contributed by atoms with Gasteiger partial charge in [-0.3, -0.25) is 0 Å². The first-order chi connectivity index (χ1) is 9.54. The zero-order valence-corrected chi connectivity index (χ0v) is 11.2. The molecule has 2 aromatic heterocycles. The Kier molecular flexibility index (Phi) is 2.90. The van der Waals surface area contributed by atoms with Crippen LogP contribution in [0.25, 0.3) is 11.0 Å². The molecule has 3 N–H and O–H groups in total. The molecule has 0 radical (unpaired) electrons. The number of nitrogens with two attached hydrogens (primary N) is 1. The molecular weight excluding hydrogens is 258 g/mol. The van der Waals surface area contributed by atoms with Crippen LogP contribution in [0.3, 0.4) is 0 Å². The van der Waals surface area contributed by atoms with Gasteiger partial charge in [0.25, 0.3) is 0 Å². The van der Waals surface area contributed by atoms with E-state index >= 15 is 0 Å². The molecule has 1 atom stereocenters. The van der Waals surface area contributed by atoms with Crippen LogP contribution in [0.4, 0.5) is 5.69 Å². The number of aryl methyl sites for hydroxylation is 1. The van der Waals surface area contributed by atoms with E-state index in [0.29, 0.717) is 29.8 Å². The van der Waals surface area contributed by atoms with Crippen molar-refractivity contribution in [3.8, 4) is 0 Å². The minimum absolute atomic E-state index is 0.363. The SMILES string of the molecule is Cc1noc(Cn2c(C(C)O)nc3cc(N)ccc32)n1. The maximum atomic E-state index is 9.88. The van der Waals surface area contributed by atoms with E-state index in [1.165, 1.54) is 0 Å². The second-order valence-corrected chi connectivity index (χ2v) is 4.72. The summed E-state index contributed by atoms with van der Waals surface area (Å²) < 4.78 is 6.98. The molecule has 20 heavy (non-hydrogen) atoms. The highest BCUT2D eigenvalue weighted by atomic mass is 16.5. The van der Waals surface area contributed by atoms with Gasteiger partial charge in [0.05, 0.1) is 11.0 Å². The molecule has 104 valence electrons. The number of nitrogen functional groups attached to an aromatic ring is 1. The van der Waals surface area contributed by atoms with Crippen LogP contribution in [-0.4, -0.2) is 24.8 Å². The molecule has 0 fully saturated rings. The average molecular weight is 273 g/mol. The van der Waals surface area contributed by atoms with Gasteiger partial charge in [-0.2, -0.15) is 4.98 Å². The van der Waals surface area contributed by atoms with E-state index < -0.39 is 6.10 Å². The van der Waals surface area contributed by atoms with Gasteiger partial charge in [-0.25, -0.2) is 4.98 Å². The molecule has 0 aliphatic rings. The van der Waals surface area contributed by atoms with Gasteiger partial charge in [-0.15, -0.1) is 0 Å². The summed E-state index contributed by atoms with van der Waals surface area (Å²) in [5.74, 6) is 1.59. The number of hydrogen-bond donors (Lipinski definition) is 2. The minimum Gasteiger partial charge on any atom is -0.399 e. The third kappa shape index (κ3) is 2.12. The van der Waals surface area contributed by atoms with Crippen LogP contribution in [0, 0.1) is 6.92 Å². The normalized spacial score (nSPS) is 12.9. The van der Waals surface area contributed by atoms with Crippen LogP contribution in [0.15, 0.2) is 22.7 Å². The number of benzene rings is 1. The van der Waals surface area contributed by atoms with Crippen molar-refractivity contribution in [3.05, 3.63) is 35.7 Å². The van der Waals surface area contributed by atoms with Gasteiger partial charge in [-0.1, -0.05) is 5.16 Å². The lowest BCUT2D eigenvalue weighted by molar-refractivity contribution is 0.184. The summed E-state index contributed by atoms with van der Waals surface area (Å²) in [7, 11) is 0. The fraction of sp³-hybridized carbons (Fsp3) is 0.308. The van der Waals surface area contributed by atoms with Crippen molar-refractivity contribution in [2.75, 3.05) is 5.73 Å². The van der Waals surface area contributed by atoms with E-state index in [-0.39, 0.29) is 0 Å². The summed E-state index contributed by atoms with van der Waals surface area (Å²) >= 11 is 0. The Labute approximate surface area is 115 Å². The lowest BCUT2D eigenvalue weighted by Gasteiger charge is -2.08. The molecular formula is C13H15N5O2. The molecule has 7 heteroatoms. The van der Waals surface area contributed by atoms with Gasteiger partial charge in [0.2, 0.25) is 5.89 Å². The fourth-order valence-corrected chi connectivity index (χ4v) is 2.19. The molecule has 7 nitrogen and oxygen atoms in total. The number of aliphatic hydroxyl groups excluding tert-OH is 1. The number of rotatable bonds is 3. The second kappa shape index (κ2) is 4.61. The van der Waals surface area contributed by atoms with E-state index in [2.05, 4.69) is 15.1 Å². The van der Waals surface area contributed by atoms with Crippen molar-refractivity contribution in [2.45, 2.75) is 26.5 Å². The first-order valence-electron chi connectivity index (χ1n) is 6.27. The number of aliphatic hydroxyl groups is 1. The molecule has 0 bridgehead atoms. The second-order valence-electron chi connectivity index (χ2n) is 4.72. The van der Waals surface area contributed by atoms with Gasteiger partial charge in [-0.05, 0) is 32.0 Å². The van der Waals surface area contributed by atoms with Crippen LogP contribution >= 0.6 is 0 Å². The number of fused-ring (bicyclic) bond motifs is 1. The van der Waals surface area contributed by atoms with E-state index in [0.717, 1.165) is 11.0 Å². The van der Waals surface area contributed by atoms with Crippen LogP contribution in [0.2, 0.25) is 0 Å². The highest BCUT2D eigenvalue weighted by Crippen LogP contribution is 2.23. The Morgan fingerprint density at radius 1 is 1.40 bits per heavy atom. The molecule has 3 rings (SSSR count). The van der Waals surface area contributed by atoms with Crippen molar-refractivity contribution in [2.24, 2.45) is 0 Å². The number of anilines is 1. The molecule has 0 aliphatic carbocycles. The zero-order chi connectivity index (χ0) is 14.3. The van der Waals surface area contributed by atoms with Crippen molar-refractivity contribution < 1.29 is 9.63 Å². The van der Waals surface area contributed by atoms with Gasteiger partial charge < -0.3 is 19.9 Å². The van der Waals surface area contributed by atoms with Gasteiger partial charge in [0.1, 0.15) is 18.5 Å². The van der Waals surface area contributed by atoms with Gasteiger partial charge in [0.15, 0.2) is 5.82 Å². The van der Waals surface area contributed by atoms with Crippen molar-refractivity contribution in [1.29, 1.82) is 0 Å². The Balaban J connectivity index is 2.13. The summed E-state index contributed by atoms with van der Waals surface area (Å²) in [6.45, 7) is 3.79. The summed E-state index contributed by atoms with van der Waals surface area (Å²) in [4.78, 5) is 8.60. The molecule has 0 spiro atoms. The van der Waals surface area contributed by atoms with E-state index in [1.54, 1.807) is 26.0 Å². The Bertz CT molecular complexity index is 759. The molecule has 1 unspecified atom stereocenters. The fourth-order valence-electron chi connectivity index (χ4n) is 2.19. The van der Waals surface area contributed by atoms with E-state index in [1.807, 2.05) is 10.6 Å². The molecule has 0 saturated heterocycles. The lowest BCUT2D eigenvalue weighted by atomic mass is 10.3. The van der Waals surface area contributed by atoms with Crippen molar-refractivity contribution in [1.82, 2.24) is 19.7 Å². The number of nitrogens with zero attached hydrogens (tertiary/aromatic N) is 4. The largest absolute Gasteiger partial charge is 0.399 e. The lowest BCUT2D eigenvalue weighted by Crippen LogP contribution is -2.08. The summed E-state index contributed by atoms with van der Waals surface area (Å²) in [5, 5.41) is 13.6. The maximum absolute atomic E-state index is 9.88. The topological polar surface area (TPSA) is 103 Å². The Morgan fingerprint density at radius 2 is 2.20 bits per heavy atom. The van der Waals surface area contributed by atoms with Gasteiger partial charge >= 0.3 is 0 Å². The maximum Gasteiger partial charge on any atom is 0.246 e. The predicted octanol–water partition coefficient (Wildman–Crippen LogP) is 1.41. The first kappa shape index (κ1) is 12.6. The van der Waals surface area contributed by atoms with Gasteiger partial charge in [0, 0.05) is 5.69 Å².